The number of hydrogen-bond acceptors (Lipinski definition) is 3. The Morgan fingerprint density at radius 3 is 1.17 bits per heavy atom. The fourth-order valence-electron chi connectivity index (χ4n) is 8.93. The molecule has 11 aromatic rings. The number of rotatable bonds is 9. The average Bonchev–Trinajstić information content (AvgIpc) is 3.39. The Balaban J connectivity index is 1.25. The molecular formula is C61H41N3. The maximum absolute atomic E-state index is 5.36. The first-order valence-electron chi connectivity index (χ1n) is 21.7. The van der Waals surface area contributed by atoms with Gasteiger partial charge in [0, 0.05) is 16.7 Å². The summed E-state index contributed by atoms with van der Waals surface area (Å²) in [6.07, 6.45) is 0. The Morgan fingerprint density at radius 2 is 0.594 bits per heavy atom. The van der Waals surface area contributed by atoms with E-state index in [-0.39, 0.29) is 0 Å². The molecule has 0 fully saturated rings. The van der Waals surface area contributed by atoms with Crippen LogP contribution >= 0.6 is 0 Å². The lowest BCUT2D eigenvalue weighted by Crippen LogP contribution is -2.01. The summed E-state index contributed by atoms with van der Waals surface area (Å²) in [6, 6.07) is 88.1. The zero-order valence-electron chi connectivity index (χ0n) is 35.0. The van der Waals surface area contributed by atoms with E-state index in [0.29, 0.717) is 17.5 Å². The molecule has 0 amide bonds. The fourth-order valence-corrected chi connectivity index (χ4v) is 8.93. The number of nitrogens with zero attached hydrogens (tertiary/aromatic N) is 3. The normalized spacial score (nSPS) is 11.1. The van der Waals surface area contributed by atoms with Gasteiger partial charge in [0.1, 0.15) is 0 Å². The third-order valence-electron chi connectivity index (χ3n) is 11.9. The van der Waals surface area contributed by atoms with E-state index in [0.717, 1.165) is 83.1 Å². The van der Waals surface area contributed by atoms with Gasteiger partial charge in [0.05, 0.1) is 0 Å². The zero-order chi connectivity index (χ0) is 42.7. The zero-order valence-corrected chi connectivity index (χ0v) is 35.0. The van der Waals surface area contributed by atoms with Gasteiger partial charge in [-0.15, -0.1) is 0 Å². The maximum Gasteiger partial charge on any atom is 0.164 e. The lowest BCUT2D eigenvalue weighted by atomic mass is 9.78. The second kappa shape index (κ2) is 17.1. The lowest BCUT2D eigenvalue weighted by Gasteiger charge is -2.25. The highest BCUT2D eigenvalue weighted by Crippen LogP contribution is 2.51. The monoisotopic (exact) mass is 815 g/mol. The lowest BCUT2D eigenvalue weighted by molar-refractivity contribution is 1.08. The quantitative estimate of drug-likeness (QED) is 0.146. The van der Waals surface area contributed by atoms with Crippen LogP contribution in [0.15, 0.2) is 249 Å². The SMILES string of the molecule is c1ccc(-c2cc(-c3nc(-c4ccccc4)nc(-c4cccc5ccccc45)n3)cc(-c3cc(-c4ccccc4)c(-c4ccccc4)c(-c4ccccc4)c3-c3ccccc3)c2)cc1. The third kappa shape index (κ3) is 7.46. The fraction of sp³-hybridized carbons (Fsp3) is 0. The second-order valence-electron chi connectivity index (χ2n) is 15.9. The van der Waals surface area contributed by atoms with Crippen LogP contribution in [-0.4, -0.2) is 15.0 Å². The van der Waals surface area contributed by atoms with Crippen molar-refractivity contribution in [2.24, 2.45) is 0 Å². The van der Waals surface area contributed by atoms with Crippen molar-refractivity contribution < 1.29 is 0 Å². The minimum Gasteiger partial charge on any atom is -0.208 e. The van der Waals surface area contributed by atoms with Gasteiger partial charge in [0.25, 0.3) is 0 Å². The maximum atomic E-state index is 5.36. The van der Waals surface area contributed by atoms with Crippen molar-refractivity contribution in [3.8, 4) is 101 Å². The van der Waals surface area contributed by atoms with Crippen LogP contribution in [0.3, 0.4) is 0 Å². The molecule has 1 heterocycles. The molecule has 0 aliphatic carbocycles. The van der Waals surface area contributed by atoms with Gasteiger partial charge in [-0.1, -0.05) is 224 Å². The molecule has 64 heavy (non-hydrogen) atoms. The minimum atomic E-state index is 0.601. The standard InChI is InChI=1S/C61H41N3/c1-7-22-42(23-8-1)49-38-50(40-51(39-49)60-62-59(48-33-17-6-18-34-48)63-61(64-60)53-37-21-35-43-26-19-20-36-52(43)53)55-41-54(44-24-9-2-10-25-44)56(45-27-11-3-12-28-45)58(47-31-15-5-16-32-47)57(55)46-29-13-4-14-30-46/h1-41H. The van der Waals surface area contributed by atoms with Crippen LogP contribution in [0, 0.1) is 0 Å². The predicted molar refractivity (Wildman–Crippen MR) is 266 cm³/mol. The molecule has 1 aromatic heterocycles. The molecule has 0 spiro atoms. The highest BCUT2D eigenvalue weighted by atomic mass is 15.0. The van der Waals surface area contributed by atoms with E-state index in [1.54, 1.807) is 0 Å². The average molecular weight is 816 g/mol. The van der Waals surface area contributed by atoms with E-state index in [2.05, 4.69) is 231 Å². The van der Waals surface area contributed by atoms with Crippen LogP contribution in [-0.2, 0) is 0 Å². The Hall–Kier alpha value is -8.53. The number of benzene rings is 10. The van der Waals surface area contributed by atoms with E-state index in [9.17, 15) is 0 Å². The largest absolute Gasteiger partial charge is 0.208 e. The van der Waals surface area contributed by atoms with Crippen molar-refractivity contribution in [2.75, 3.05) is 0 Å². The van der Waals surface area contributed by atoms with E-state index in [4.69, 9.17) is 15.0 Å². The van der Waals surface area contributed by atoms with Crippen LogP contribution in [0.5, 0.6) is 0 Å². The first kappa shape index (κ1) is 38.4. The Labute approximate surface area is 373 Å². The first-order chi connectivity index (χ1) is 31.7. The summed E-state index contributed by atoms with van der Waals surface area (Å²) < 4.78 is 0. The molecule has 0 bridgehead atoms. The molecule has 0 unspecified atom stereocenters. The van der Waals surface area contributed by atoms with Crippen molar-refractivity contribution in [3.63, 3.8) is 0 Å². The Kier molecular flexibility index (Phi) is 10.3. The van der Waals surface area contributed by atoms with Crippen LogP contribution in [0.2, 0.25) is 0 Å². The van der Waals surface area contributed by atoms with Gasteiger partial charge in [-0.3, -0.25) is 0 Å². The second-order valence-corrected chi connectivity index (χ2v) is 15.9. The summed E-state index contributed by atoms with van der Waals surface area (Å²) in [5.41, 5.74) is 16.3. The number of fused-ring (bicyclic) bond motifs is 1. The number of aromatic nitrogens is 3. The molecular weight excluding hydrogens is 775 g/mol. The molecule has 0 radical (unpaired) electrons. The molecule has 0 saturated carbocycles. The molecule has 0 N–H and O–H groups in total. The van der Waals surface area contributed by atoms with Gasteiger partial charge >= 0.3 is 0 Å². The summed E-state index contributed by atoms with van der Waals surface area (Å²) in [4.78, 5) is 15.8. The summed E-state index contributed by atoms with van der Waals surface area (Å²) in [5.74, 6) is 1.85. The van der Waals surface area contributed by atoms with Gasteiger partial charge in [0.15, 0.2) is 17.5 Å². The summed E-state index contributed by atoms with van der Waals surface area (Å²) in [5, 5.41) is 2.22. The Bertz CT molecular complexity index is 3390. The molecule has 0 aliphatic rings. The van der Waals surface area contributed by atoms with Gasteiger partial charge in [-0.25, -0.2) is 15.0 Å². The van der Waals surface area contributed by atoms with E-state index in [1.807, 2.05) is 18.2 Å². The van der Waals surface area contributed by atoms with Crippen LogP contribution in [0.25, 0.3) is 112 Å². The highest BCUT2D eigenvalue weighted by molar-refractivity contribution is 6.08. The van der Waals surface area contributed by atoms with Gasteiger partial charge in [-0.2, -0.15) is 0 Å². The minimum absolute atomic E-state index is 0.601. The van der Waals surface area contributed by atoms with Gasteiger partial charge < -0.3 is 0 Å². The molecule has 3 nitrogen and oxygen atoms in total. The molecule has 10 aromatic carbocycles. The summed E-state index contributed by atoms with van der Waals surface area (Å²) in [7, 11) is 0. The third-order valence-corrected chi connectivity index (χ3v) is 11.9. The summed E-state index contributed by atoms with van der Waals surface area (Å²) >= 11 is 0. The van der Waals surface area contributed by atoms with Crippen LogP contribution in [0.1, 0.15) is 0 Å². The molecule has 0 aliphatic heterocycles. The van der Waals surface area contributed by atoms with Crippen molar-refractivity contribution in [3.05, 3.63) is 249 Å². The van der Waals surface area contributed by atoms with Crippen molar-refractivity contribution in [2.45, 2.75) is 0 Å². The summed E-state index contributed by atoms with van der Waals surface area (Å²) in [6.45, 7) is 0. The van der Waals surface area contributed by atoms with E-state index >= 15 is 0 Å². The first-order valence-corrected chi connectivity index (χ1v) is 21.7. The molecule has 0 saturated heterocycles. The van der Waals surface area contributed by atoms with E-state index < -0.39 is 0 Å². The topological polar surface area (TPSA) is 38.7 Å². The van der Waals surface area contributed by atoms with Gasteiger partial charge in [-0.05, 0) is 102 Å². The van der Waals surface area contributed by atoms with Crippen molar-refractivity contribution in [1.82, 2.24) is 15.0 Å². The smallest absolute Gasteiger partial charge is 0.164 e. The van der Waals surface area contributed by atoms with Crippen LogP contribution < -0.4 is 0 Å². The highest BCUT2D eigenvalue weighted by Gasteiger charge is 2.25. The molecule has 300 valence electrons. The van der Waals surface area contributed by atoms with Crippen LogP contribution in [0.4, 0.5) is 0 Å². The van der Waals surface area contributed by atoms with Crippen molar-refractivity contribution >= 4 is 10.8 Å². The Morgan fingerprint density at radius 1 is 0.203 bits per heavy atom. The molecule has 11 rings (SSSR count). The molecule has 0 atom stereocenters. The van der Waals surface area contributed by atoms with Gasteiger partial charge in [0.2, 0.25) is 0 Å². The predicted octanol–water partition coefficient (Wildman–Crippen LogP) is 16.0. The molecule has 3 heteroatoms. The van der Waals surface area contributed by atoms with E-state index in [1.165, 1.54) is 11.1 Å². The van der Waals surface area contributed by atoms with Crippen molar-refractivity contribution in [1.29, 1.82) is 0 Å². The number of hydrogen-bond donors (Lipinski definition) is 0.